The van der Waals surface area contributed by atoms with Gasteiger partial charge in [-0.05, 0) is 24.3 Å². The summed E-state index contributed by atoms with van der Waals surface area (Å²) >= 11 is 0. The van der Waals surface area contributed by atoms with E-state index in [9.17, 15) is 0 Å². The molecule has 6 heteroatoms. The van der Waals surface area contributed by atoms with Crippen LogP contribution in [0.3, 0.4) is 0 Å². The van der Waals surface area contributed by atoms with Gasteiger partial charge in [0.2, 0.25) is 0 Å². The zero-order chi connectivity index (χ0) is 13.8. The molecule has 96 valence electrons. The highest BCUT2D eigenvalue weighted by Gasteiger charge is 2.07. The van der Waals surface area contributed by atoms with E-state index in [1.807, 2.05) is 24.3 Å². The fraction of sp³-hybridized carbons (Fsp3) is 0. The number of nitrogens with zero attached hydrogens (tertiary/aromatic N) is 5. The molecular formula is C14H9N5O. The van der Waals surface area contributed by atoms with Crippen molar-refractivity contribution in [1.82, 2.24) is 14.9 Å². The van der Waals surface area contributed by atoms with Crippen LogP contribution in [0.4, 0.5) is 0 Å². The van der Waals surface area contributed by atoms with Crippen molar-refractivity contribution in [2.45, 2.75) is 0 Å². The number of rotatable bonds is 3. The minimum absolute atomic E-state index is 0.573. The fourth-order valence-corrected chi connectivity index (χ4v) is 1.74. The minimum Gasteiger partial charge on any atom is -0.455 e. The van der Waals surface area contributed by atoms with Crippen LogP contribution in [-0.4, -0.2) is 21.1 Å². The van der Waals surface area contributed by atoms with Crippen LogP contribution in [0.2, 0.25) is 0 Å². The van der Waals surface area contributed by atoms with Gasteiger partial charge in [-0.15, -0.1) is 10.2 Å². The number of hydrogen-bond acceptors (Lipinski definition) is 5. The van der Waals surface area contributed by atoms with E-state index in [-0.39, 0.29) is 0 Å². The van der Waals surface area contributed by atoms with Gasteiger partial charge in [0, 0.05) is 5.56 Å². The van der Waals surface area contributed by atoms with Crippen LogP contribution >= 0.6 is 0 Å². The van der Waals surface area contributed by atoms with Crippen molar-refractivity contribution in [2.24, 2.45) is 5.10 Å². The first-order valence-electron chi connectivity index (χ1n) is 5.85. The molecule has 0 spiro atoms. The Morgan fingerprint density at radius 1 is 1.15 bits per heavy atom. The molecule has 0 saturated heterocycles. The molecule has 20 heavy (non-hydrogen) atoms. The van der Waals surface area contributed by atoms with Gasteiger partial charge in [0.1, 0.15) is 24.2 Å². The Morgan fingerprint density at radius 2 is 1.95 bits per heavy atom. The summed E-state index contributed by atoms with van der Waals surface area (Å²) in [6, 6.07) is 13.0. The van der Waals surface area contributed by atoms with E-state index >= 15 is 0 Å². The van der Waals surface area contributed by atoms with E-state index in [1.165, 1.54) is 17.3 Å². The maximum atomic E-state index is 9.08. The van der Waals surface area contributed by atoms with Crippen LogP contribution in [0.15, 0.2) is 58.6 Å². The Hall–Kier alpha value is -3.20. The van der Waals surface area contributed by atoms with Gasteiger partial charge in [0.15, 0.2) is 0 Å². The van der Waals surface area contributed by atoms with Gasteiger partial charge in [-0.2, -0.15) is 10.4 Å². The highest BCUT2D eigenvalue weighted by Crippen LogP contribution is 2.24. The molecule has 0 bridgehead atoms. The Labute approximate surface area is 114 Å². The maximum Gasteiger partial charge on any atom is 0.147 e. The van der Waals surface area contributed by atoms with Crippen molar-refractivity contribution in [3.63, 3.8) is 0 Å². The molecule has 2 heterocycles. The number of nitriles is 1. The van der Waals surface area contributed by atoms with Gasteiger partial charge >= 0.3 is 0 Å². The molecule has 0 aliphatic carbocycles. The van der Waals surface area contributed by atoms with Crippen LogP contribution in [0.1, 0.15) is 11.3 Å². The van der Waals surface area contributed by atoms with E-state index in [0.29, 0.717) is 17.1 Å². The fourth-order valence-electron chi connectivity index (χ4n) is 1.74. The summed E-state index contributed by atoms with van der Waals surface area (Å²) in [6.45, 7) is 0. The Kier molecular flexibility index (Phi) is 3.08. The average Bonchev–Trinajstić information content (AvgIpc) is 3.16. The van der Waals surface area contributed by atoms with Crippen molar-refractivity contribution < 1.29 is 4.42 Å². The van der Waals surface area contributed by atoms with Gasteiger partial charge in [-0.1, -0.05) is 12.1 Å². The molecule has 0 N–H and O–H groups in total. The first-order chi connectivity index (χ1) is 9.86. The second-order valence-electron chi connectivity index (χ2n) is 3.95. The maximum absolute atomic E-state index is 9.08. The summed E-state index contributed by atoms with van der Waals surface area (Å²) in [4.78, 5) is 0. The number of hydrogen-bond donors (Lipinski definition) is 0. The second-order valence-corrected chi connectivity index (χ2v) is 3.95. The molecule has 1 aromatic carbocycles. The molecule has 2 aromatic heterocycles. The molecule has 0 unspecified atom stereocenters. The largest absolute Gasteiger partial charge is 0.455 e. The lowest BCUT2D eigenvalue weighted by Crippen LogP contribution is -1.85. The van der Waals surface area contributed by atoms with Crippen LogP contribution in [0, 0.1) is 11.3 Å². The molecule has 0 amide bonds. The molecule has 0 saturated carbocycles. The van der Waals surface area contributed by atoms with E-state index in [0.717, 1.165) is 5.56 Å². The Bertz CT molecular complexity index is 780. The lowest BCUT2D eigenvalue weighted by atomic mass is 10.1. The minimum atomic E-state index is 0.573. The first-order valence-corrected chi connectivity index (χ1v) is 5.85. The smallest absolute Gasteiger partial charge is 0.147 e. The molecule has 0 aliphatic rings. The van der Waals surface area contributed by atoms with Crippen LogP contribution < -0.4 is 0 Å². The van der Waals surface area contributed by atoms with Crippen molar-refractivity contribution in [2.75, 3.05) is 0 Å². The molecule has 3 aromatic rings. The molecule has 0 fully saturated rings. The molecule has 0 atom stereocenters. The average molecular weight is 263 g/mol. The first kappa shape index (κ1) is 11.9. The topological polar surface area (TPSA) is 80.0 Å². The van der Waals surface area contributed by atoms with Gasteiger partial charge < -0.3 is 4.42 Å². The zero-order valence-electron chi connectivity index (χ0n) is 10.3. The van der Waals surface area contributed by atoms with E-state index in [4.69, 9.17) is 9.68 Å². The quantitative estimate of drug-likeness (QED) is 0.679. The molecular weight excluding hydrogens is 254 g/mol. The number of furan rings is 1. The standard InChI is InChI=1S/C14H9N5O/c15-7-11-3-1-2-4-13(11)14-6-5-12(20-14)8-18-19-9-16-17-10-19/h1-6,8-10H. The normalized spacial score (nSPS) is 10.8. The third-order valence-electron chi connectivity index (χ3n) is 2.66. The van der Waals surface area contributed by atoms with Crippen molar-refractivity contribution in [1.29, 1.82) is 5.26 Å². The highest BCUT2D eigenvalue weighted by molar-refractivity contribution is 5.78. The molecule has 6 nitrogen and oxygen atoms in total. The SMILES string of the molecule is N#Cc1ccccc1-c1ccc(C=Nn2cnnc2)o1. The van der Waals surface area contributed by atoms with E-state index < -0.39 is 0 Å². The van der Waals surface area contributed by atoms with Crippen molar-refractivity contribution in [3.05, 3.63) is 60.4 Å². The predicted octanol–water partition coefficient (Wildman–Crippen LogP) is 2.29. The van der Waals surface area contributed by atoms with Crippen molar-refractivity contribution >= 4 is 6.21 Å². The summed E-state index contributed by atoms with van der Waals surface area (Å²) in [7, 11) is 0. The molecule has 0 radical (unpaired) electrons. The lowest BCUT2D eigenvalue weighted by molar-refractivity contribution is 0.574. The number of benzene rings is 1. The van der Waals surface area contributed by atoms with E-state index in [2.05, 4.69) is 21.4 Å². The van der Waals surface area contributed by atoms with Gasteiger partial charge in [0.25, 0.3) is 0 Å². The Morgan fingerprint density at radius 3 is 2.75 bits per heavy atom. The van der Waals surface area contributed by atoms with Crippen LogP contribution in [-0.2, 0) is 0 Å². The zero-order valence-corrected chi connectivity index (χ0v) is 10.3. The third kappa shape index (κ3) is 2.33. The summed E-state index contributed by atoms with van der Waals surface area (Å²) < 4.78 is 7.12. The molecule has 3 rings (SSSR count). The van der Waals surface area contributed by atoms with E-state index in [1.54, 1.807) is 18.3 Å². The van der Waals surface area contributed by atoms with Gasteiger partial charge in [-0.25, -0.2) is 4.68 Å². The van der Waals surface area contributed by atoms with Crippen LogP contribution in [0.5, 0.6) is 0 Å². The Balaban J connectivity index is 1.89. The monoisotopic (exact) mass is 263 g/mol. The van der Waals surface area contributed by atoms with Crippen molar-refractivity contribution in [3.8, 4) is 17.4 Å². The third-order valence-corrected chi connectivity index (χ3v) is 2.66. The van der Waals surface area contributed by atoms with Crippen LogP contribution in [0.25, 0.3) is 11.3 Å². The summed E-state index contributed by atoms with van der Waals surface area (Å²) in [6.07, 6.45) is 4.51. The van der Waals surface area contributed by atoms with Gasteiger partial charge in [-0.3, -0.25) is 0 Å². The summed E-state index contributed by atoms with van der Waals surface area (Å²) in [5, 5.41) is 20.5. The van der Waals surface area contributed by atoms with Gasteiger partial charge in [0.05, 0.1) is 17.8 Å². The number of aromatic nitrogens is 3. The second kappa shape index (κ2) is 5.20. The predicted molar refractivity (Wildman–Crippen MR) is 71.9 cm³/mol. The molecule has 0 aliphatic heterocycles. The highest BCUT2D eigenvalue weighted by atomic mass is 16.3. The lowest BCUT2D eigenvalue weighted by Gasteiger charge is -1.98. The summed E-state index contributed by atoms with van der Waals surface area (Å²) in [5.41, 5.74) is 1.34. The summed E-state index contributed by atoms with van der Waals surface area (Å²) in [5.74, 6) is 1.22.